The molecule has 148 valence electrons. The molecule has 0 aliphatic rings. The summed E-state index contributed by atoms with van der Waals surface area (Å²) in [6.45, 7) is -0.520. The summed E-state index contributed by atoms with van der Waals surface area (Å²) in [5, 5.41) is 14.1. The first-order valence-electron chi connectivity index (χ1n) is 8.99. The third-order valence-electron chi connectivity index (χ3n) is 4.06. The minimum absolute atomic E-state index is 0.226. The molecular weight excluding hydrogens is 382 g/mol. The van der Waals surface area contributed by atoms with Gasteiger partial charge in [0.15, 0.2) is 6.61 Å². The second-order valence-electron chi connectivity index (χ2n) is 6.18. The molecule has 0 aliphatic carbocycles. The lowest BCUT2D eigenvalue weighted by molar-refractivity contribution is -0.119. The molecule has 30 heavy (non-hydrogen) atoms. The van der Waals surface area contributed by atoms with Crippen molar-refractivity contribution in [2.75, 3.05) is 17.2 Å². The zero-order chi connectivity index (χ0) is 21.3. The standard InChI is InChI=1S/C23H17N3O4/c24-14-16-10-12-17(13-11-16)23(29)30-15-21(27)26-20-9-5-4-8-19(20)22(28)25-18-6-2-1-3-7-18/h1-13H,15H2,(H,25,28)(H,26,27). The molecule has 0 spiro atoms. The van der Waals surface area contributed by atoms with E-state index >= 15 is 0 Å². The maximum atomic E-state index is 12.5. The molecule has 2 N–H and O–H groups in total. The number of carbonyl (C=O) groups excluding carboxylic acids is 3. The molecule has 3 aromatic rings. The van der Waals surface area contributed by atoms with Crippen LogP contribution in [-0.2, 0) is 9.53 Å². The van der Waals surface area contributed by atoms with E-state index in [2.05, 4.69) is 10.6 Å². The molecule has 0 bridgehead atoms. The first-order valence-corrected chi connectivity index (χ1v) is 8.99. The molecule has 0 heterocycles. The lowest BCUT2D eigenvalue weighted by Crippen LogP contribution is -2.23. The van der Waals surface area contributed by atoms with Crippen LogP contribution >= 0.6 is 0 Å². The Morgan fingerprint density at radius 3 is 2.20 bits per heavy atom. The lowest BCUT2D eigenvalue weighted by Gasteiger charge is -2.12. The van der Waals surface area contributed by atoms with Crippen molar-refractivity contribution in [1.82, 2.24) is 0 Å². The van der Waals surface area contributed by atoms with Crippen molar-refractivity contribution in [3.63, 3.8) is 0 Å². The minimum Gasteiger partial charge on any atom is -0.452 e. The van der Waals surface area contributed by atoms with Gasteiger partial charge in [-0.05, 0) is 48.5 Å². The molecule has 3 aromatic carbocycles. The Morgan fingerprint density at radius 1 is 0.833 bits per heavy atom. The smallest absolute Gasteiger partial charge is 0.338 e. The first kappa shape index (κ1) is 20.3. The van der Waals surface area contributed by atoms with Crippen LogP contribution in [0.5, 0.6) is 0 Å². The molecule has 0 radical (unpaired) electrons. The Hall–Kier alpha value is -4.44. The van der Waals surface area contributed by atoms with Crippen LogP contribution in [-0.4, -0.2) is 24.4 Å². The van der Waals surface area contributed by atoms with Gasteiger partial charge in [-0.1, -0.05) is 30.3 Å². The third-order valence-corrected chi connectivity index (χ3v) is 4.06. The van der Waals surface area contributed by atoms with Crippen LogP contribution in [0.3, 0.4) is 0 Å². The normalized spacial score (nSPS) is 9.83. The number of amides is 2. The second kappa shape index (κ2) is 9.66. The van der Waals surface area contributed by atoms with Crippen molar-refractivity contribution in [2.45, 2.75) is 0 Å². The second-order valence-corrected chi connectivity index (χ2v) is 6.18. The van der Waals surface area contributed by atoms with Crippen LogP contribution in [0.4, 0.5) is 11.4 Å². The van der Waals surface area contributed by atoms with Crippen molar-refractivity contribution in [1.29, 1.82) is 5.26 Å². The van der Waals surface area contributed by atoms with E-state index in [9.17, 15) is 14.4 Å². The van der Waals surface area contributed by atoms with Gasteiger partial charge in [0.1, 0.15) is 0 Å². The van der Waals surface area contributed by atoms with Gasteiger partial charge in [0.05, 0.1) is 28.4 Å². The van der Waals surface area contributed by atoms with Gasteiger partial charge in [0.25, 0.3) is 11.8 Å². The number of ether oxygens (including phenoxy) is 1. The van der Waals surface area contributed by atoms with Gasteiger partial charge in [-0.25, -0.2) is 4.79 Å². The van der Waals surface area contributed by atoms with Gasteiger partial charge in [0.2, 0.25) is 0 Å². The number of esters is 1. The highest BCUT2D eigenvalue weighted by Crippen LogP contribution is 2.17. The molecule has 3 rings (SSSR count). The van der Waals surface area contributed by atoms with Crippen LogP contribution in [0.15, 0.2) is 78.9 Å². The third kappa shape index (κ3) is 5.30. The van der Waals surface area contributed by atoms with Crippen LogP contribution in [0.2, 0.25) is 0 Å². The number of benzene rings is 3. The number of hydrogen-bond acceptors (Lipinski definition) is 5. The summed E-state index contributed by atoms with van der Waals surface area (Å²) in [6, 6.07) is 23.3. The van der Waals surface area contributed by atoms with Gasteiger partial charge in [-0.2, -0.15) is 5.26 Å². The molecule has 2 amide bonds. The van der Waals surface area contributed by atoms with Crippen LogP contribution in [0, 0.1) is 11.3 Å². The number of nitrogens with zero attached hydrogens (tertiary/aromatic N) is 1. The molecule has 7 heteroatoms. The number of carbonyl (C=O) groups is 3. The Labute approximate surface area is 172 Å². The minimum atomic E-state index is -0.690. The van der Waals surface area contributed by atoms with Crippen molar-refractivity contribution in [2.24, 2.45) is 0 Å². The van der Waals surface area contributed by atoms with Crippen molar-refractivity contribution < 1.29 is 19.1 Å². The number of nitriles is 1. The number of hydrogen-bond donors (Lipinski definition) is 2. The summed E-state index contributed by atoms with van der Waals surface area (Å²) < 4.78 is 5.00. The molecule has 0 saturated heterocycles. The van der Waals surface area contributed by atoms with E-state index in [0.717, 1.165) is 0 Å². The van der Waals surface area contributed by atoms with Crippen molar-refractivity contribution >= 4 is 29.2 Å². The number of nitrogens with one attached hydrogen (secondary N) is 2. The summed E-state index contributed by atoms with van der Waals surface area (Å²) in [5.74, 6) is -1.66. The van der Waals surface area contributed by atoms with E-state index in [1.807, 2.05) is 12.1 Å². The highest BCUT2D eigenvalue weighted by atomic mass is 16.5. The van der Waals surface area contributed by atoms with Gasteiger partial charge < -0.3 is 15.4 Å². The SMILES string of the molecule is N#Cc1ccc(C(=O)OCC(=O)Nc2ccccc2C(=O)Nc2ccccc2)cc1. The van der Waals surface area contributed by atoms with E-state index in [1.54, 1.807) is 48.5 Å². The van der Waals surface area contributed by atoms with Gasteiger partial charge in [-0.15, -0.1) is 0 Å². The van der Waals surface area contributed by atoms with Gasteiger partial charge in [-0.3, -0.25) is 9.59 Å². The Balaban J connectivity index is 1.60. The van der Waals surface area contributed by atoms with E-state index < -0.39 is 18.5 Å². The van der Waals surface area contributed by atoms with E-state index in [4.69, 9.17) is 10.00 Å². The number of para-hydroxylation sites is 2. The lowest BCUT2D eigenvalue weighted by atomic mass is 10.1. The molecule has 0 fully saturated rings. The van der Waals surface area contributed by atoms with E-state index in [0.29, 0.717) is 16.9 Å². The predicted molar refractivity (Wildman–Crippen MR) is 111 cm³/mol. The van der Waals surface area contributed by atoms with Gasteiger partial charge in [0, 0.05) is 5.69 Å². The fourth-order valence-corrected chi connectivity index (χ4v) is 2.59. The number of anilines is 2. The largest absolute Gasteiger partial charge is 0.452 e. The predicted octanol–water partition coefficient (Wildman–Crippen LogP) is 3.61. The molecular formula is C23H17N3O4. The average molecular weight is 399 g/mol. The highest BCUT2D eigenvalue weighted by Gasteiger charge is 2.15. The van der Waals surface area contributed by atoms with Crippen LogP contribution < -0.4 is 10.6 Å². The molecule has 0 saturated carbocycles. The summed E-state index contributed by atoms with van der Waals surface area (Å²) in [7, 11) is 0. The van der Waals surface area contributed by atoms with E-state index in [1.165, 1.54) is 24.3 Å². The Morgan fingerprint density at radius 2 is 1.50 bits per heavy atom. The summed E-state index contributed by atoms with van der Waals surface area (Å²) in [4.78, 5) is 36.8. The summed E-state index contributed by atoms with van der Waals surface area (Å²) in [6.07, 6.45) is 0. The van der Waals surface area contributed by atoms with Crippen LogP contribution in [0.1, 0.15) is 26.3 Å². The van der Waals surface area contributed by atoms with Crippen LogP contribution in [0.25, 0.3) is 0 Å². The molecule has 7 nitrogen and oxygen atoms in total. The fraction of sp³-hybridized carbons (Fsp3) is 0.0435. The fourth-order valence-electron chi connectivity index (χ4n) is 2.59. The maximum Gasteiger partial charge on any atom is 0.338 e. The first-order chi connectivity index (χ1) is 14.6. The van der Waals surface area contributed by atoms with Crippen molar-refractivity contribution in [3.8, 4) is 6.07 Å². The Bertz CT molecular complexity index is 1100. The monoisotopic (exact) mass is 399 g/mol. The van der Waals surface area contributed by atoms with Gasteiger partial charge >= 0.3 is 5.97 Å². The molecule has 0 aliphatic heterocycles. The summed E-state index contributed by atoms with van der Waals surface area (Å²) in [5.41, 5.74) is 1.83. The number of rotatable bonds is 6. The zero-order valence-electron chi connectivity index (χ0n) is 15.8. The maximum absolute atomic E-state index is 12.5. The molecule has 0 atom stereocenters. The topological polar surface area (TPSA) is 108 Å². The average Bonchev–Trinajstić information content (AvgIpc) is 2.78. The van der Waals surface area contributed by atoms with E-state index in [-0.39, 0.29) is 17.0 Å². The molecule has 0 aromatic heterocycles. The zero-order valence-corrected chi connectivity index (χ0v) is 15.8. The highest BCUT2D eigenvalue weighted by molar-refractivity contribution is 6.10. The molecule has 0 unspecified atom stereocenters. The Kier molecular flexibility index (Phi) is 6.54. The summed E-state index contributed by atoms with van der Waals surface area (Å²) >= 11 is 0. The quantitative estimate of drug-likeness (QED) is 0.616. The van der Waals surface area contributed by atoms with Crippen molar-refractivity contribution in [3.05, 3.63) is 95.6 Å².